The van der Waals surface area contributed by atoms with Crippen LogP contribution in [0.1, 0.15) is 78.8 Å². The van der Waals surface area contributed by atoms with Crippen LogP contribution in [-0.2, 0) is 11.2 Å². The van der Waals surface area contributed by atoms with Crippen LogP contribution < -0.4 is 10.2 Å². The lowest BCUT2D eigenvalue weighted by molar-refractivity contribution is -0.120. The number of imide groups is 1. The largest absolute Gasteiger partial charge is 0.451 e. The number of hydrogen-bond donors (Lipinski definition) is 1. The fourth-order valence-electron chi connectivity index (χ4n) is 5.81. The quantitative estimate of drug-likeness (QED) is 0.220. The Hall–Kier alpha value is -4.42. The molecule has 43 heavy (non-hydrogen) atoms. The summed E-state index contributed by atoms with van der Waals surface area (Å²) in [6.45, 7) is 8.66. The van der Waals surface area contributed by atoms with E-state index in [0.717, 1.165) is 85.9 Å². The smallest absolute Gasteiger partial charge is 0.293 e. The second-order valence-corrected chi connectivity index (χ2v) is 11.3. The third-order valence-corrected chi connectivity index (χ3v) is 8.11. The Balaban J connectivity index is 1.13. The van der Waals surface area contributed by atoms with Crippen LogP contribution >= 0.6 is 0 Å². The SMILES string of the molecule is CCCC(=O)NC(=O)c1cc2cc(N3CCN(CCCCc4cn(C(=O)CCC)c5ccc(C#N)cc45)CC3)ccc2o1. The van der Waals surface area contributed by atoms with Crippen LogP contribution in [0, 0.1) is 11.3 Å². The van der Waals surface area contributed by atoms with Gasteiger partial charge in [0.05, 0.1) is 17.1 Å². The summed E-state index contributed by atoms with van der Waals surface area (Å²) < 4.78 is 7.45. The van der Waals surface area contributed by atoms with Crippen molar-refractivity contribution in [2.45, 2.75) is 58.8 Å². The van der Waals surface area contributed by atoms with Gasteiger partial charge in [0.25, 0.3) is 5.91 Å². The van der Waals surface area contributed by atoms with Gasteiger partial charge in [-0.15, -0.1) is 0 Å². The molecule has 3 heterocycles. The van der Waals surface area contributed by atoms with Gasteiger partial charge in [0.15, 0.2) is 5.76 Å². The van der Waals surface area contributed by atoms with E-state index in [0.29, 0.717) is 30.4 Å². The minimum Gasteiger partial charge on any atom is -0.451 e. The number of furan rings is 1. The summed E-state index contributed by atoms with van der Waals surface area (Å²) in [7, 11) is 0. The molecule has 0 bridgehead atoms. The van der Waals surface area contributed by atoms with Crippen molar-refractivity contribution in [3.05, 3.63) is 65.5 Å². The molecule has 5 rings (SSSR count). The van der Waals surface area contributed by atoms with Gasteiger partial charge in [-0.05, 0) is 86.7 Å². The first-order chi connectivity index (χ1) is 20.9. The summed E-state index contributed by atoms with van der Waals surface area (Å²) in [5.74, 6) is -0.568. The molecule has 4 aromatic rings. The molecule has 1 aliphatic rings. The number of fused-ring (bicyclic) bond motifs is 2. The molecule has 0 saturated carbocycles. The third-order valence-electron chi connectivity index (χ3n) is 8.11. The predicted molar refractivity (Wildman–Crippen MR) is 167 cm³/mol. The van der Waals surface area contributed by atoms with E-state index in [1.54, 1.807) is 16.7 Å². The van der Waals surface area contributed by atoms with Gasteiger partial charge in [-0.1, -0.05) is 13.8 Å². The van der Waals surface area contributed by atoms with E-state index in [-0.39, 0.29) is 17.6 Å². The highest BCUT2D eigenvalue weighted by atomic mass is 16.3. The minimum absolute atomic E-state index is 0.0954. The number of hydrogen-bond acceptors (Lipinski definition) is 7. The van der Waals surface area contributed by atoms with Gasteiger partial charge in [-0.3, -0.25) is 29.2 Å². The molecule has 1 N–H and O–H groups in total. The van der Waals surface area contributed by atoms with Crippen molar-refractivity contribution in [2.75, 3.05) is 37.6 Å². The molecule has 2 amide bonds. The second-order valence-electron chi connectivity index (χ2n) is 11.3. The summed E-state index contributed by atoms with van der Waals surface area (Å²) >= 11 is 0. The first-order valence-electron chi connectivity index (χ1n) is 15.3. The van der Waals surface area contributed by atoms with Crippen LogP contribution in [0.5, 0.6) is 0 Å². The normalized spacial score (nSPS) is 13.8. The first-order valence-corrected chi connectivity index (χ1v) is 15.3. The Morgan fingerprint density at radius 2 is 1.74 bits per heavy atom. The van der Waals surface area contributed by atoms with E-state index in [2.05, 4.69) is 21.2 Å². The zero-order chi connectivity index (χ0) is 30.3. The van der Waals surface area contributed by atoms with Crippen LogP contribution in [0.2, 0.25) is 0 Å². The number of benzene rings is 2. The Labute approximate surface area is 252 Å². The molecule has 2 aromatic carbocycles. The highest BCUT2D eigenvalue weighted by molar-refractivity contribution is 6.05. The number of nitrogens with zero attached hydrogens (tertiary/aromatic N) is 4. The summed E-state index contributed by atoms with van der Waals surface area (Å²) in [6, 6.07) is 15.4. The number of rotatable bonds is 11. The number of amides is 2. The van der Waals surface area contributed by atoms with E-state index in [1.165, 1.54) is 0 Å². The Bertz CT molecular complexity index is 1670. The summed E-state index contributed by atoms with van der Waals surface area (Å²) in [4.78, 5) is 41.7. The number of aryl methyl sites for hydroxylation is 1. The standard InChI is InChI=1S/C34H39N5O4/c1-3-7-32(40)36-34(42)31-21-26-20-27(11-13-30(26)43-31)38-17-15-37(16-18-38)14-6-5-9-25-23-39(33(41)8-4-2)29-12-10-24(22-35)19-28(25)29/h10-13,19-21,23H,3-9,14-18H2,1-2H3,(H,36,40,42). The molecule has 224 valence electrons. The summed E-state index contributed by atoms with van der Waals surface area (Å²) in [5.41, 5.74) is 4.34. The van der Waals surface area contributed by atoms with E-state index < -0.39 is 5.91 Å². The third kappa shape index (κ3) is 6.98. The average molecular weight is 582 g/mol. The average Bonchev–Trinajstić information content (AvgIpc) is 3.61. The van der Waals surface area contributed by atoms with Gasteiger partial charge >= 0.3 is 0 Å². The fraction of sp³-hybridized carbons (Fsp3) is 0.412. The number of nitrogens with one attached hydrogen (secondary N) is 1. The van der Waals surface area contributed by atoms with Crippen LogP contribution in [0.15, 0.2) is 53.1 Å². The number of nitriles is 1. The summed E-state index contributed by atoms with van der Waals surface area (Å²) in [6.07, 6.45) is 7.20. The zero-order valence-corrected chi connectivity index (χ0v) is 25.0. The molecule has 1 aliphatic heterocycles. The number of unbranched alkanes of at least 4 members (excludes halogenated alkanes) is 1. The van der Waals surface area contributed by atoms with Gasteiger partial charge in [0, 0.05) is 61.7 Å². The van der Waals surface area contributed by atoms with Gasteiger partial charge in [0.1, 0.15) is 5.58 Å². The van der Waals surface area contributed by atoms with Crippen molar-refractivity contribution in [1.82, 2.24) is 14.8 Å². The minimum atomic E-state index is -0.507. The topological polar surface area (TPSA) is 112 Å². The number of aromatic nitrogens is 1. The van der Waals surface area contributed by atoms with Crippen molar-refractivity contribution in [3.63, 3.8) is 0 Å². The first kappa shape index (κ1) is 30.1. The van der Waals surface area contributed by atoms with E-state index in [9.17, 15) is 19.6 Å². The van der Waals surface area contributed by atoms with Crippen molar-refractivity contribution in [2.24, 2.45) is 0 Å². The maximum atomic E-state index is 12.7. The van der Waals surface area contributed by atoms with Gasteiger partial charge in [0.2, 0.25) is 11.8 Å². The van der Waals surface area contributed by atoms with Crippen LogP contribution in [0.4, 0.5) is 5.69 Å². The van der Waals surface area contributed by atoms with Crippen molar-refractivity contribution in [1.29, 1.82) is 5.26 Å². The fourth-order valence-corrected chi connectivity index (χ4v) is 5.81. The number of piperazine rings is 1. The van der Waals surface area contributed by atoms with Gasteiger partial charge in [-0.25, -0.2) is 0 Å². The number of carbonyl (C=O) groups excluding carboxylic acids is 3. The molecule has 1 fully saturated rings. The van der Waals surface area contributed by atoms with Crippen LogP contribution in [-0.4, -0.2) is 59.9 Å². The van der Waals surface area contributed by atoms with Crippen molar-refractivity contribution >= 4 is 45.3 Å². The Morgan fingerprint density at radius 3 is 2.49 bits per heavy atom. The Morgan fingerprint density at radius 1 is 0.953 bits per heavy atom. The monoisotopic (exact) mass is 581 g/mol. The number of carbonyl (C=O) groups is 3. The lowest BCUT2D eigenvalue weighted by Gasteiger charge is -2.36. The second kappa shape index (κ2) is 13.7. The molecule has 9 heteroatoms. The molecule has 2 aromatic heterocycles. The predicted octanol–water partition coefficient (Wildman–Crippen LogP) is 5.90. The van der Waals surface area contributed by atoms with Crippen LogP contribution in [0.25, 0.3) is 21.9 Å². The summed E-state index contributed by atoms with van der Waals surface area (Å²) in [5, 5.41) is 13.6. The zero-order valence-electron chi connectivity index (χ0n) is 25.0. The maximum absolute atomic E-state index is 12.7. The van der Waals surface area contributed by atoms with Crippen LogP contribution in [0.3, 0.4) is 0 Å². The highest BCUT2D eigenvalue weighted by Crippen LogP contribution is 2.27. The molecule has 1 saturated heterocycles. The van der Waals surface area contributed by atoms with Gasteiger partial charge in [-0.2, -0.15) is 5.26 Å². The molecule has 0 atom stereocenters. The molecule has 0 aliphatic carbocycles. The molecule has 0 radical (unpaired) electrons. The number of anilines is 1. The molecular weight excluding hydrogens is 542 g/mol. The van der Waals surface area contributed by atoms with Gasteiger partial charge < -0.3 is 9.32 Å². The lowest BCUT2D eigenvalue weighted by atomic mass is 10.0. The highest BCUT2D eigenvalue weighted by Gasteiger charge is 2.20. The molecular formula is C34H39N5O4. The van der Waals surface area contributed by atoms with Crippen molar-refractivity contribution in [3.8, 4) is 6.07 Å². The molecule has 0 spiro atoms. The molecule has 9 nitrogen and oxygen atoms in total. The lowest BCUT2D eigenvalue weighted by Crippen LogP contribution is -2.46. The van der Waals surface area contributed by atoms with E-state index in [1.807, 2.05) is 50.4 Å². The van der Waals surface area contributed by atoms with E-state index >= 15 is 0 Å². The maximum Gasteiger partial charge on any atom is 0.293 e. The molecule has 0 unspecified atom stereocenters. The van der Waals surface area contributed by atoms with Crippen molar-refractivity contribution < 1.29 is 18.8 Å². The van der Waals surface area contributed by atoms with E-state index in [4.69, 9.17) is 4.42 Å². The Kier molecular flexibility index (Phi) is 9.58.